The van der Waals surface area contributed by atoms with Crippen molar-refractivity contribution >= 4 is 5.91 Å². The van der Waals surface area contributed by atoms with Gasteiger partial charge in [0, 0.05) is 18.7 Å². The van der Waals surface area contributed by atoms with E-state index in [1.807, 2.05) is 11.9 Å². The molecule has 0 radical (unpaired) electrons. The van der Waals surface area contributed by atoms with E-state index in [-0.39, 0.29) is 23.1 Å². The third-order valence-electron chi connectivity index (χ3n) is 6.56. The molecule has 0 aromatic heterocycles. The number of phenolic OH excluding ortho intramolecular Hbond substituents is 1. The van der Waals surface area contributed by atoms with Gasteiger partial charge >= 0.3 is 0 Å². The fourth-order valence-corrected chi connectivity index (χ4v) is 5.08. The summed E-state index contributed by atoms with van der Waals surface area (Å²) in [5.74, 6) is 0.233. The lowest BCUT2D eigenvalue weighted by atomic mass is 9.83. The van der Waals surface area contributed by atoms with Crippen molar-refractivity contribution in [2.45, 2.75) is 57.5 Å². The van der Waals surface area contributed by atoms with Crippen LogP contribution in [-0.4, -0.2) is 47.0 Å². The second-order valence-electron chi connectivity index (χ2n) is 9.55. The highest BCUT2D eigenvalue weighted by Gasteiger charge is 2.41. The molecule has 1 heterocycles. The van der Waals surface area contributed by atoms with E-state index < -0.39 is 0 Å². The zero-order chi connectivity index (χ0) is 20.8. The number of fused-ring (bicyclic) bond motifs is 1. The summed E-state index contributed by atoms with van der Waals surface area (Å²) in [7, 11) is 1.94. The molecule has 1 aliphatic heterocycles. The van der Waals surface area contributed by atoms with Gasteiger partial charge in [0.2, 0.25) is 0 Å². The van der Waals surface area contributed by atoms with Crippen molar-refractivity contribution in [2.24, 2.45) is 0 Å². The number of rotatable bonds is 3. The van der Waals surface area contributed by atoms with E-state index in [1.54, 1.807) is 18.2 Å². The lowest BCUT2D eigenvalue weighted by Gasteiger charge is -2.36. The SMILES string of the molecule is CN(C(=O)c1ccc(O)cc1C(C)(C)C)C1c2ccccc2CC1N1CCCC1. The van der Waals surface area contributed by atoms with Gasteiger partial charge in [-0.25, -0.2) is 0 Å². The number of likely N-dealkylation sites (N-methyl/N-ethyl adjacent to an activating group) is 1. The fourth-order valence-electron chi connectivity index (χ4n) is 5.08. The summed E-state index contributed by atoms with van der Waals surface area (Å²) >= 11 is 0. The maximum Gasteiger partial charge on any atom is 0.254 e. The van der Waals surface area contributed by atoms with Gasteiger partial charge in [-0.2, -0.15) is 0 Å². The van der Waals surface area contributed by atoms with Crippen LogP contribution in [0, 0.1) is 0 Å². The molecular weight excluding hydrogens is 360 g/mol. The number of carbonyl (C=O) groups excluding carboxylic acids is 1. The molecular formula is C25H32N2O2. The first-order valence-electron chi connectivity index (χ1n) is 10.7. The van der Waals surface area contributed by atoms with Crippen molar-refractivity contribution in [1.29, 1.82) is 0 Å². The Hall–Kier alpha value is -2.33. The Morgan fingerprint density at radius 2 is 1.79 bits per heavy atom. The molecule has 1 fully saturated rings. The minimum Gasteiger partial charge on any atom is -0.508 e. The average molecular weight is 393 g/mol. The van der Waals surface area contributed by atoms with Gasteiger partial charge in [0.1, 0.15) is 5.75 Å². The Balaban J connectivity index is 1.72. The van der Waals surface area contributed by atoms with Crippen LogP contribution in [0.4, 0.5) is 0 Å². The fraction of sp³-hybridized carbons (Fsp3) is 0.480. The van der Waals surface area contributed by atoms with Crippen LogP contribution in [-0.2, 0) is 11.8 Å². The molecule has 1 N–H and O–H groups in total. The third kappa shape index (κ3) is 3.66. The molecule has 4 nitrogen and oxygen atoms in total. The van der Waals surface area contributed by atoms with Crippen molar-refractivity contribution < 1.29 is 9.90 Å². The largest absolute Gasteiger partial charge is 0.508 e. The highest BCUT2D eigenvalue weighted by atomic mass is 16.3. The summed E-state index contributed by atoms with van der Waals surface area (Å²) in [6.45, 7) is 8.47. The number of amides is 1. The number of aromatic hydroxyl groups is 1. The molecule has 154 valence electrons. The number of carbonyl (C=O) groups is 1. The second-order valence-corrected chi connectivity index (χ2v) is 9.55. The Morgan fingerprint density at radius 1 is 1.10 bits per heavy atom. The van der Waals surface area contributed by atoms with Crippen LogP contribution >= 0.6 is 0 Å². The smallest absolute Gasteiger partial charge is 0.254 e. The quantitative estimate of drug-likeness (QED) is 0.835. The van der Waals surface area contributed by atoms with Crippen LogP contribution < -0.4 is 0 Å². The molecule has 2 aromatic rings. The molecule has 2 unspecified atom stereocenters. The highest BCUT2D eigenvalue weighted by molar-refractivity contribution is 5.96. The van der Waals surface area contributed by atoms with Gasteiger partial charge in [0.05, 0.1) is 6.04 Å². The summed E-state index contributed by atoms with van der Waals surface area (Å²) < 4.78 is 0. The molecule has 1 amide bonds. The van der Waals surface area contributed by atoms with Gasteiger partial charge < -0.3 is 10.0 Å². The van der Waals surface area contributed by atoms with Crippen LogP contribution in [0.2, 0.25) is 0 Å². The molecule has 2 aliphatic rings. The standard InChI is InChI=1S/C25H32N2O2/c1-25(2,3)21-16-18(28)11-12-20(21)24(29)26(4)23-19-10-6-5-9-17(19)15-22(23)27-13-7-8-14-27/h5-6,9-12,16,22-23,28H,7-8,13-15H2,1-4H3. The third-order valence-corrected chi connectivity index (χ3v) is 6.56. The minimum absolute atomic E-state index is 0.0285. The van der Waals surface area contributed by atoms with Crippen LogP contribution in [0.5, 0.6) is 5.75 Å². The Kier molecular flexibility index (Phi) is 5.16. The number of likely N-dealkylation sites (tertiary alicyclic amines) is 1. The normalized spacial score (nSPS) is 21.9. The van der Waals surface area contributed by atoms with E-state index >= 15 is 0 Å². The summed E-state index contributed by atoms with van der Waals surface area (Å²) in [5, 5.41) is 10.0. The number of benzene rings is 2. The first-order valence-corrected chi connectivity index (χ1v) is 10.7. The molecule has 4 heteroatoms. The number of hydrogen-bond acceptors (Lipinski definition) is 3. The molecule has 0 saturated carbocycles. The van der Waals surface area contributed by atoms with Crippen molar-refractivity contribution in [3.05, 3.63) is 64.7 Å². The van der Waals surface area contributed by atoms with Gasteiger partial charge in [-0.15, -0.1) is 0 Å². The molecule has 2 aromatic carbocycles. The van der Waals surface area contributed by atoms with Crippen LogP contribution in [0.1, 0.15) is 66.7 Å². The van der Waals surface area contributed by atoms with Gasteiger partial charge in [-0.05, 0) is 72.7 Å². The number of phenols is 1. The molecule has 0 bridgehead atoms. The summed E-state index contributed by atoms with van der Waals surface area (Å²) in [6.07, 6.45) is 3.48. The maximum atomic E-state index is 13.7. The van der Waals surface area contributed by atoms with E-state index in [0.717, 1.165) is 25.1 Å². The lowest BCUT2D eigenvalue weighted by Crippen LogP contribution is -2.44. The van der Waals surface area contributed by atoms with E-state index in [4.69, 9.17) is 0 Å². The summed E-state index contributed by atoms with van der Waals surface area (Å²) in [4.78, 5) is 18.2. The highest BCUT2D eigenvalue weighted by Crippen LogP contribution is 2.40. The summed E-state index contributed by atoms with van der Waals surface area (Å²) in [5.41, 5.74) is 3.97. The molecule has 29 heavy (non-hydrogen) atoms. The van der Waals surface area contributed by atoms with Crippen LogP contribution in [0.25, 0.3) is 0 Å². The maximum absolute atomic E-state index is 13.7. The molecule has 0 spiro atoms. The van der Waals surface area contributed by atoms with E-state index in [0.29, 0.717) is 11.6 Å². The monoisotopic (exact) mass is 392 g/mol. The van der Waals surface area contributed by atoms with Crippen LogP contribution in [0.3, 0.4) is 0 Å². The minimum atomic E-state index is -0.230. The first-order chi connectivity index (χ1) is 13.8. The van der Waals surface area contributed by atoms with Gasteiger partial charge in [-0.3, -0.25) is 9.69 Å². The topological polar surface area (TPSA) is 43.8 Å². The zero-order valence-corrected chi connectivity index (χ0v) is 18.0. The summed E-state index contributed by atoms with van der Waals surface area (Å²) in [6, 6.07) is 14.1. The Morgan fingerprint density at radius 3 is 2.48 bits per heavy atom. The van der Waals surface area contributed by atoms with E-state index in [1.165, 1.54) is 24.0 Å². The van der Waals surface area contributed by atoms with Crippen molar-refractivity contribution in [1.82, 2.24) is 9.80 Å². The number of nitrogens with zero attached hydrogens (tertiary/aromatic N) is 2. The number of hydrogen-bond donors (Lipinski definition) is 1. The van der Waals surface area contributed by atoms with Crippen molar-refractivity contribution in [2.75, 3.05) is 20.1 Å². The van der Waals surface area contributed by atoms with Crippen molar-refractivity contribution in [3.63, 3.8) is 0 Å². The predicted molar refractivity (Wildman–Crippen MR) is 116 cm³/mol. The van der Waals surface area contributed by atoms with Gasteiger partial charge in [-0.1, -0.05) is 45.0 Å². The van der Waals surface area contributed by atoms with E-state index in [9.17, 15) is 9.90 Å². The van der Waals surface area contributed by atoms with Gasteiger partial charge in [0.15, 0.2) is 0 Å². The Labute approximate surface area is 174 Å². The molecule has 2 atom stereocenters. The molecule has 1 saturated heterocycles. The van der Waals surface area contributed by atoms with Crippen LogP contribution in [0.15, 0.2) is 42.5 Å². The molecule has 1 aliphatic carbocycles. The second kappa shape index (κ2) is 7.49. The average Bonchev–Trinajstić information content (AvgIpc) is 3.33. The van der Waals surface area contributed by atoms with Crippen molar-refractivity contribution in [3.8, 4) is 5.75 Å². The Bertz CT molecular complexity index is 909. The van der Waals surface area contributed by atoms with Gasteiger partial charge in [0.25, 0.3) is 5.91 Å². The first kappa shape index (κ1) is 20.0. The predicted octanol–water partition coefficient (Wildman–Crippen LogP) is 4.52. The zero-order valence-electron chi connectivity index (χ0n) is 18.0. The van der Waals surface area contributed by atoms with E-state index in [2.05, 4.69) is 49.9 Å². The molecule has 4 rings (SSSR count). The lowest BCUT2D eigenvalue weighted by molar-refractivity contribution is 0.0622.